The van der Waals surface area contributed by atoms with Crippen LogP contribution < -0.4 is 5.32 Å². The maximum Gasteiger partial charge on any atom is 0.125 e. The summed E-state index contributed by atoms with van der Waals surface area (Å²) in [6.07, 6.45) is 2.69. The summed E-state index contributed by atoms with van der Waals surface area (Å²) in [5.74, 6) is 0.255. The van der Waals surface area contributed by atoms with Crippen LogP contribution in [0, 0.1) is 5.82 Å². The zero-order valence-corrected chi connectivity index (χ0v) is 12.9. The zero-order chi connectivity index (χ0) is 13.7. The molecule has 1 N–H and O–H groups in total. The summed E-state index contributed by atoms with van der Waals surface area (Å²) < 4.78 is 13.3. The lowest BCUT2D eigenvalue weighted by Gasteiger charge is -2.27. The fraction of sp³-hybridized carbons (Fsp3) is 0.600. The number of hydrogen-bond donors (Lipinski definition) is 1. The first-order valence-electron chi connectivity index (χ1n) is 7.13. The molecule has 1 fully saturated rings. The highest BCUT2D eigenvalue weighted by atomic mass is 31.1. The van der Waals surface area contributed by atoms with Gasteiger partial charge in [0.15, 0.2) is 0 Å². The molecule has 1 aromatic carbocycles. The monoisotopic (exact) mass is 282 g/mol. The van der Waals surface area contributed by atoms with Gasteiger partial charge in [-0.25, -0.2) is 4.39 Å². The number of benzene rings is 1. The second kappa shape index (κ2) is 7.21. The Kier molecular flexibility index (Phi) is 5.59. The maximum atomic E-state index is 13.3. The Hall–Kier alpha value is -0.660. The van der Waals surface area contributed by atoms with E-state index >= 15 is 0 Å². The molecule has 2 rings (SSSR count). The molecule has 0 aromatic heterocycles. The molecule has 1 aliphatic heterocycles. The van der Waals surface area contributed by atoms with Crippen LogP contribution in [0.25, 0.3) is 0 Å². The van der Waals surface area contributed by atoms with Gasteiger partial charge in [-0.05, 0) is 35.9 Å². The Morgan fingerprint density at radius 2 is 2.05 bits per heavy atom. The van der Waals surface area contributed by atoms with Gasteiger partial charge in [0.2, 0.25) is 0 Å². The number of nitrogens with zero attached hydrogens (tertiary/aromatic N) is 1. The molecule has 1 heterocycles. The first-order valence-corrected chi connectivity index (χ1v) is 8.54. The molecule has 19 heavy (non-hydrogen) atoms. The van der Waals surface area contributed by atoms with Crippen molar-refractivity contribution in [2.45, 2.75) is 19.8 Å². The summed E-state index contributed by atoms with van der Waals surface area (Å²) in [6.45, 7) is 8.68. The van der Waals surface area contributed by atoms with Crippen molar-refractivity contribution in [1.29, 1.82) is 0 Å². The van der Waals surface area contributed by atoms with Crippen LogP contribution in [0.4, 0.5) is 10.1 Å². The van der Waals surface area contributed by atoms with E-state index in [2.05, 4.69) is 24.1 Å². The lowest BCUT2D eigenvalue weighted by Crippen LogP contribution is -2.35. The summed E-state index contributed by atoms with van der Waals surface area (Å²) in [6, 6.07) is 5.06. The second-order valence-corrected chi connectivity index (χ2v) is 6.90. The van der Waals surface area contributed by atoms with E-state index in [1.165, 1.54) is 31.0 Å². The van der Waals surface area contributed by atoms with Crippen LogP contribution in [0.5, 0.6) is 0 Å². The molecule has 0 unspecified atom stereocenters. The Morgan fingerprint density at radius 3 is 2.74 bits per heavy atom. The van der Waals surface area contributed by atoms with Crippen molar-refractivity contribution < 1.29 is 4.39 Å². The number of hydrogen-bond acceptors (Lipinski definition) is 2. The van der Waals surface area contributed by atoms with E-state index < -0.39 is 0 Å². The normalized spacial score (nSPS) is 16.8. The molecule has 1 saturated heterocycles. The molecule has 1 aromatic rings. The molecule has 0 atom stereocenters. The van der Waals surface area contributed by atoms with Crippen molar-refractivity contribution >= 4 is 14.3 Å². The molecular formula is C15H24FN2P. The number of rotatable bonds is 5. The Morgan fingerprint density at radius 1 is 1.32 bits per heavy atom. The first kappa shape index (κ1) is 14.7. The summed E-state index contributed by atoms with van der Waals surface area (Å²) >= 11 is 0. The van der Waals surface area contributed by atoms with Crippen molar-refractivity contribution in [2.24, 2.45) is 0 Å². The second-order valence-electron chi connectivity index (χ2n) is 5.40. The van der Waals surface area contributed by atoms with Gasteiger partial charge in [-0.3, -0.25) is 0 Å². The molecule has 0 bridgehead atoms. The third-order valence-electron chi connectivity index (χ3n) is 3.59. The molecule has 0 amide bonds. The highest BCUT2D eigenvalue weighted by molar-refractivity contribution is 7.38. The average molecular weight is 282 g/mol. The summed E-state index contributed by atoms with van der Waals surface area (Å²) in [5.41, 5.74) is 2.15. The van der Waals surface area contributed by atoms with E-state index in [1.807, 2.05) is 6.07 Å². The third kappa shape index (κ3) is 4.43. The quantitative estimate of drug-likeness (QED) is 0.833. The van der Waals surface area contributed by atoms with E-state index in [9.17, 15) is 4.39 Å². The van der Waals surface area contributed by atoms with Gasteiger partial charge >= 0.3 is 0 Å². The molecule has 2 nitrogen and oxygen atoms in total. The summed E-state index contributed by atoms with van der Waals surface area (Å²) in [7, 11) is 1.15. The predicted molar refractivity (Wildman–Crippen MR) is 83.5 cm³/mol. The molecule has 106 valence electrons. The number of halogens is 1. The van der Waals surface area contributed by atoms with Gasteiger partial charge in [0.05, 0.1) is 0 Å². The molecule has 4 heteroatoms. The van der Waals surface area contributed by atoms with E-state index in [0.29, 0.717) is 5.92 Å². The lowest BCUT2D eigenvalue weighted by molar-refractivity contribution is 0.313. The first-order chi connectivity index (χ1) is 9.16. The molecule has 0 saturated carbocycles. The van der Waals surface area contributed by atoms with Gasteiger partial charge in [0.1, 0.15) is 5.82 Å². The Balaban J connectivity index is 1.89. The minimum absolute atomic E-state index is 0.161. The molecule has 1 aliphatic rings. The lowest BCUT2D eigenvalue weighted by atomic mass is 10.0. The van der Waals surface area contributed by atoms with Crippen molar-refractivity contribution in [3.63, 3.8) is 0 Å². The maximum absolute atomic E-state index is 13.3. The zero-order valence-electron chi connectivity index (χ0n) is 11.9. The van der Waals surface area contributed by atoms with Gasteiger partial charge in [0, 0.05) is 31.9 Å². The van der Waals surface area contributed by atoms with Crippen LogP contribution in [-0.4, -0.2) is 43.4 Å². The minimum Gasteiger partial charge on any atom is -0.383 e. The van der Waals surface area contributed by atoms with E-state index in [-0.39, 0.29) is 5.82 Å². The minimum atomic E-state index is -0.161. The largest absolute Gasteiger partial charge is 0.383 e. The Labute approximate surface area is 117 Å². The average Bonchev–Trinajstić information content (AvgIpc) is 2.39. The van der Waals surface area contributed by atoms with Crippen LogP contribution in [0.15, 0.2) is 18.2 Å². The highest BCUT2D eigenvalue weighted by Crippen LogP contribution is 2.25. The van der Waals surface area contributed by atoms with Gasteiger partial charge in [0.25, 0.3) is 0 Å². The van der Waals surface area contributed by atoms with Crippen LogP contribution in [0.2, 0.25) is 0 Å². The topological polar surface area (TPSA) is 15.3 Å². The predicted octanol–water partition coefficient (Wildman–Crippen LogP) is 3.36. The van der Waals surface area contributed by atoms with Crippen LogP contribution in [0.1, 0.15) is 25.3 Å². The van der Waals surface area contributed by atoms with Crippen LogP contribution in [-0.2, 0) is 0 Å². The smallest absolute Gasteiger partial charge is 0.125 e. The van der Waals surface area contributed by atoms with Gasteiger partial charge in [-0.2, -0.15) is 0 Å². The third-order valence-corrected chi connectivity index (χ3v) is 4.74. The fourth-order valence-corrected chi connectivity index (χ4v) is 3.67. The fourth-order valence-electron chi connectivity index (χ4n) is 2.47. The van der Waals surface area contributed by atoms with Crippen molar-refractivity contribution in [3.8, 4) is 0 Å². The summed E-state index contributed by atoms with van der Waals surface area (Å²) in [4.78, 5) is 2.50. The van der Waals surface area contributed by atoms with Crippen LogP contribution >= 0.6 is 8.58 Å². The van der Waals surface area contributed by atoms with Crippen molar-refractivity contribution in [3.05, 3.63) is 29.6 Å². The van der Waals surface area contributed by atoms with Gasteiger partial charge in [-0.1, -0.05) is 19.9 Å². The molecule has 0 aliphatic carbocycles. The molecular weight excluding hydrogens is 258 g/mol. The van der Waals surface area contributed by atoms with Gasteiger partial charge in [-0.15, -0.1) is 8.58 Å². The van der Waals surface area contributed by atoms with Gasteiger partial charge < -0.3 is 10.2 Å². The molecule has 0 radical (unpaired) electrons. The van der Waals surface area contributed by atoms with E-state index in [1.54, 1.807) is 12.1 Å². The SMILES string of the molecule is CC(C)c1ccc(F)cc1NCCN1CCPCC1. The summed E-state index contributed by atoms with van der Waals surface area (Å²) in [5, 5.41) is 3.40. The molecule has 0 spiro atoms. The number of nitrogens with one attached hydrogen (secondary N) is 1. The van der Waals surface area contributed by atoms with Crippen molar-refractivity contribution in [1.82, 2.24) is 4.90 Å². The Bertz CT molecular complexity index is 403. The van der Waals surface area contributed by atoms with E-state index in [4.69, 9.17) is 0 Å². The highest BCUT2D eigenvalue weighted by Gasteiger charge is 2.11. The van der Waals surface area contributed by atoms with E-state index in [0.717, 1.165) is 27.4 Å². The standard InChI is InChI=1S/C15H24FN2P/c1-12(2)14-4-3-13(16)11-15(14)17-5-6-18-7-9-19-10-8-18/h3-4,11-12,17,19H,5-10H2,1-2H3. The van der Waals surface area contributed by atoms with Crippen LogP contribution in [0.3, 0.4) is 0 Å². The number of anilines is 1. The van der Waals surface area contributed by atoms with Crippen molar-refractivity contribution in [2.75, 3.05) is 43.8 Å².